The van der Waals surface area contributed by atoms with E-state index in [1.54, 1.807) is 7.11 Å². The predicted molar refractivity (Wildman–Crippen MR) is 112 cm³/mol. The van der Waals surface area contributed by atoms with Crippen molar-refractivity contribution in [3.63, 3.8) is 0 Å². The molecule has 0 bridgehead atoms. The van der Waals surface area contributed by atoms with Gasteiger partial charge in [0.2, 0.25) is 0 Å². The number of aryl methyl sites for hydroxylation is 1. The molecular weight excluding hydrogens is 336 g/mol. The van der Waals surface area contributed by atoms with Crippen LogP contribution in [-0.2, 0) is 4.74 Å². The average Bonchev–Trinajstić information content (AvgIpc) is 3.35. The summed E-state index contributed by atoms with van der Waals surface area (Å²) >= 11 is 0. The van der Waals surface area contributed by atoms with E-state index in [0.29, 0.717) is 12.0 Å². The lowest BCUT2D eigenvalue weighted by Gasteiger charge is -2.28. The zero-order valence-electron chi connectivity index (χ0n) is 17.3. The van der Waals surface area contributed by atoms with Gasteiger partial charge in [-0.3, -0.25) is 9.89 Å². The fraction of sp³-hybridized carbons (Fsp3) is 0.682. The lowest BCUT2D eigenvalue weighted by molar-refractivity contribution is 0.157. The molecule has 2 aliphatic rings. The van der Waals surface area contributed by atoms with E-state index in [4.69, 9.17) is 9.73 Å². The van der Waals surface area contributed by atoms with Crippen LogP contribution < -0.4 is 5.32 Å². The Morgan fingerprint density at radius 1 is 1.22 bits per heavy atom. The second kappa shape index (κ2) is 10.1. The van der Waals surface area contributed by atoms with Crippen LogP contribution in [0.4, 0.5) is 0 Å². The molecule has 2 heterocycles. The van der Waals surface area contributed by atoms with Crippen LogP contribution in [-0.4, -0.2) is 68.7 Å². The summed E-state index contributed by atoms with van der Waals surface area (Å²) in [5.74, 6) is 1.68. The summed E-state index contributed by atoms with van der Waals surface area (Å²) in [5.41, 5.74) is 2.71. The summed E-state index contributed by atoms with van der Waals surface area (Å²) in [6.07, 6.45) is 3.79. The Balaban J connectivity index is 1.73. The lowest BCUT2D eigenvalue weighted by atomic mass is 10.0. The van der Waals surface area contributed by atoms with Crippen molar-refractivity contribution in [1.29, 1.82) is 0 Å². The fourth-order valence-electron chi connectivity index (χ4n) is 4.27. The number of nitrogens with zero attached hydrogens (tertiary/aromatic N) is 3. The Kier molecular flexibility index (Phi) is 7.53. The predicted octanol–water partition coefficient (Wildman–Crippen LogP) is 3.07. The molecule has 2 aliphatic heterocycles. The van der Waals surface area contributed by atoms with Gasteiger partial charge in [-0.25, -0.2) is 0 Å². The zero-order valence-corrected chi connectivity index (χ0v) is 17.3. The number of hydrogen-bond donors (Lipinski definition) is 1. The molecule has 0 aliphatic carbocycles. The Hall–Kier alpha value is -1.59. The maximum absolute atomic E-state index is 5.35. The third-order valence-electron chi connectivity index (χ3n) is 5.78. The number of aliphatic imine (C=N–C) groups is 1. The van der Waals surface area contributed by atoms with Crippen molar-refractivity contribution in [3.8, 4) is 0 Å². The first-order valence-electron chi connectivity index (χ1n) is 10.5. The number of guanidine groups is 1. The van der Waals surface area contributed by atoms with Gasteiger partial charge in [-0.05, 0) is 51.8 Å². The van der Waals surface area contributed by atoms with Crippen LogP contribution >= 0.6 is 0 Å². The van der Waals surface area contributed by atoms with Crippen molar-refractivity contribution in [2.75, 3.05) is 53.0 Å². The number of benzene rings is 1. The number of hydrogen-bond acceptors (Lipinski definition) is 3. The van der Waals surface area contributed by atoms with Crippen LogP contribution in [0.25, 0.3) is 0 Å². The minimum absolute atomic E-state index is 0.374. The highest BCUT2D eigenvalue weighted by atomic mass is 16.5. The maximum atomic E-state index is 5.35. The van der Waals surface area contributed by atoms with Gasteiger partial charge in [0.25, 0.3) is 0 Å². The molecule has 2 atom stereocenters. The number of ether oxygens (including phenoxy) is 1. The molecular formula is C22H36N4O. The minimum Gasteiger partial charge on any atom is -0.384 e. The van der Waals surface area contributed by atoms with Gasteiger partial charge < -0.3 is 15.0 Å². The molecule has 0 radical (unpaired) electrons. The molecule has 0 amide bonds. The third kappa shape index (κ3) is 5.45. The molecule has 1 aromatic rings. The lowest BCUT2D eigenvalue weighted by Crippen LogP contribution is -2.41. The summed E-state index contributed by atoms with van der Waals surface area (Å²) in [7, 11) is 1.80. The van der Waals surface area contributed by atoms with Crippen molar-refractivity contribution in [1.82, 2.24) is 15.1 Å². The third-order valence-corrected chi connectivity index (χ3v) is 5.78. The molecule has 2 fully saturated rings. The Labute approximate surface area is 164 Å². The smallest absolute Gasteiger partial charge is 0.193 e. The molecule has 2 saturated heterocycles. The molecule has 0 aromatic heterocycles. The first kappa shape index (κ1) is 20.2. The van der Waals surface area contributed by atoms with Crippen LogP contribution in [0.5, 0.6) is 0 Å². The van der Waals surface area contributed by atoms with Crippen LogP contribution in [0.3, 0.4) is 0 Å². The normalized spacial score (nSPS) is 22.4. The molecule has 1 N–H and O–H groups in total. The van der Waals surface area contributed by atoms with Gasteiger partial charge in [0.1, 0.15) is 0 Å². The highest BCUT2D eigenvalue weighted by Gasteiger charge is 2.26. The molecule has 0 spiro atoms. The van der Waals surface area contributed by atoms with Crippen LogP contribution in [0, 0.1) is 12.8 Å². The van der Waals surface area contributed by atoms with E-state index in [1.807, 2.05) is 0 Å². The van der Waals surface area contributed by atoms with Crippen molar-refractivity contribution in [3.05, 3.63) is 35.4 Å². The van der Waals surface area contributed by atoms with Crippen molar-refractivity contribution >= 4 is 5.96 Å². The van der Waals surface area contributed by atoms with Gasteiger partial charge in [0, 0.05) is 32.7 Å². The van der Waals surface area contributed by atoms with E-state index in [1.165, 1.54) is 43.5 Å². The summed E-state index contributed by atoms with van der Waals surface area (Å²) in [6, 6.07) is 9.39. The van der Waals surface area contributed by atoms with Gasteiger partial charge in [0.05, 0.1) is 19.2 Å². The molecule has 2 unspecified atom stereocenters. The molecule has 1 aromatic carbocycles. The van der Waals surface area contributed by atoms with Gasteiger partial charge in [-0.15, -0.1) is 0 Å². The number of rotatable bonds is 7. The van der Waals surface area contributed by atoms with Crippen LogP contribution in [0.2, 0.25) is 0 Å². The fourth-order valence-corrected chi connectivity index (χ4v) is 4.27. The molecule has 27 heavy (non-hydrogen) atoms. The highest BCUT2D eigenvalue weighted by Crippen LogP contribution is 2.26. The molecule has 3 rings (SSSR count). The van der Waals surface area contributed by atoms with E-state index in [2.05, 4.69) is 53.2 Å². The van der Waals surface area contributed by atoms with Gasteiger partial charge >= 0.3 is 0 Å². The van der Waals surface area contributed by atoms with Crippen molar-refractivity contribution < 1.29 is 4.74 Å². The average molecular weight is 373 g/mol. The van der Waals surface area contributed by atoms with Gasteiger partial charge in [-0.2, -0.15) is 0 Å². The van der Waals surface area contributed by atoms with Gasteiger partial charge in [0.15, 0.2) is 5.96 Å². The zero-order chi connectivity index (χ0) is 19.1. The SMILES string of the molecule is CCNC(=NCC(c1ccc(C)cc1)N1CCCC1)N1CCC(COC)C1. The second-order valence-electron chi connectivity index (χ2n) is 7.92. The first-order chi connectivity index (χ1) is 13.2. The number of methoxy groups -OCH3 is 1. The molecule has 150 valence electrons. The van der Waals surface area contributed by atoms with E-state index >= 15 is 0 Å². The second-order valence-corrected chi connectivity index (χ2v) is 7.92. The maximum Gasteiger partial charge on any atom is 0.193 e. The highest BCUT2D eigenvalue weighted by molar-refractivity contribution is 5.80. The van der Waals surface area contributed by atoms with E-state index in [9.17, 15) is 0 Å². The van der Waals surface area contributed by atoms with Gasteiger partial charge in [-0.1, -0.05) is 29.8 Å². The van der Waals surface area contributed by atoms with E-state index < -0.39 is 0 Å². The largest absolute Gasteiger partial charge is 0.384 e. The van der Waals surface area contributed by atoms with Crippen molar-refractivity contribution in [2.45, 2.75) is 39.2 Å². The van der Waals surface area contributed by atoms with E-state index in [0.717, 1.165) is 38.7 Å². The molecule has 5 nitrogen and oxygen atoms in total. The Bertz CT molecular complexity index is 595. The monoisotopic (exact) mass is 372 g/mol. The quantitative estimate of drug-likeness (QED) is 0.590. The number of nitrogens with one attached hydrogen (secondary N) is 1. The Morgan fingerprint density at radius 3 is 2.63 bits per heavy atom. The van der Waals surface area contributed by atoms with Crippen LogP contribution in [0.1, 0.15) is 43.4 Å². The first-order valence-corrected chi connectivity index (χ1v) is 10.5. The summed E-state index contributed by atoms with van der Waals surface area (Å²) in [6.45, 7) is 11.3. The topological polar surface area (TPSA) is 40.1 Å². The minimum atomic E-state index is 0.374. The molecule has 0 saturated carbocycles. The standard InChI is InChI=1S/C22H36N4O/c1-4-23-22(26-14-11-19(16-26)17-27-3)24-15-21(25-12-5-6-13-25)20-9-7-18(2)8-10-20/h7-10,19,21H,4-6,11-17H2,1-3H3,(H,23,24). The summed E-state index contributed by atoms with van der Waals surface area (Å²) in [4.78, 5) is 10.1. The summed E-state index contributed by atoms with van der Waals surface area (Å²) < 4.78 is 5.35. The molecule has 5 heteroatoms. The Morgan fingerprint density at radius 2 is 1.96 bits per heavy atom. The van der Waals surface area contributed by atoms with Crippen molar-refractivity contribution in [2.24, 2.45) is 10.9 Å². The van der Waals surface area contributed by atoms with Crippen LogP contribution in [0.15, 0.2) is 29.3 Å². The summed E-state index contributed by atoms with van der Waals surface area (Å²) in [5, 5.41) is 3.51. The van der Waals surface area contributed by atoms with E-state index in [-0.39, 0.29) is 0 Å². The number of likely N-dealkylation sites (tertiary alicyclic amines) is 2.